The predicted molar refractivity (Wildman–Crippen MR) is 79.1 cm³/mol. The summed E-state index contributed by atoms with van der Waals surface area (Å²) in [5, 5.41) is 14.0. The van der Waals surface area contributed by atoms with Gasteiger partial charge in [-0.25, -0.2) is 0 Å². The minimum atomic E-state index is 0.720. The molecular weight excluding hydrogens is 272 g/mol. The number of hydrogen-bond acceptors (Lipinski definition) is 5. The quantitative estimate of drug-likeness (QED) is 0.888. The molecule has 2 rings (SSSR count). The van der Waals surface area contributed by atoms with Gasteiger partial charge in [0.15, 0.2) is 11.5 Å². The standard InChI is InChI=1S/C15H16N2O2S/c1-18-14-4-3-11(6-15(14)19-2)8-17-9-13-5-12(7-16)10-20-13/h3-6,10,17H,8-9H2,1-2H3. The van der Waals surface area contributed by atoms with Gasteiger partial charge in [-0.15, -0.1) is 11.3 Å². The SMILES string of the molecule is COc1ccc(CNCc2cc(C#N)cs2)cc1OC. The molecule has 5 heteroatoms. The first kappa shape index (κ1) is 14.4. The summed E-state index contributed by atoms with van der Waals surface area (Å²) in [5.41, 5.74) is 1.85. The number of benzene rings is 1. The molecule has 0 spiro atoms. The molecule has 0 radical (unpaired) electrons. The van der Waals surface area contributed by atoms with Crippen molar-refractivity contribution in [3.63, 3.8) is 0 Å². The summed E-state index contributed by atoms with van der Waals surface area (Å²) in [5.74, 6) is 1.46. The highest BCUT2D eigenvalue weighted by Crippen LogP contribution is 2.27. The number of nitrogens with one attached hydrogen (secondary N) is 1. The van der Waals surface area contributed by atoms with E-state index in [-0.39, 0.29) is 0 Å². The first-order chi connectivity index (χ1) is 9.76. The van der Waals surface area contributed by atoms with Crippen LogP contribution in [-0.4, -0.2) is 14.2 Å². The van der Waals surface area contributed by atoms with E-state index in [9.17, 15) is 0 Å². The smallest absolute Gasteiger partial charge is 0.161 e. The summed E-state index contributed by atoms with van der Waals surface area (Å²) < 4.78 is 10.5. The molecule has 0 fully saturated rings. The van der Waals surface area contributed by atoms with Crippen LogP contribution in [0.3, 0.4) is 0 Å². The van der Waals surface area contributed by atoms with Gasteiger partial charge in [-0.3, -0.25) is 0 Å². The van der Waals surface area contributed by atoms with Crippen molar-refractivity contribution in [2.75, 3.05) is 14.2 Å². The first-order valence-electron chi connectivity index (χ1n) is 6.16. The second kappa shape index (κ2) is 6.94. The Bertz CT molecular complexity index is 617. The van der Waals surface area contributed by atoms with Crippen molar-refractivity contribution in [3.8, 4) is 17.6 Å². The molecule has 1 heterocycles. The van der Waals surface area contributed by atoms with Crippen LogP contribution >= 0.6 is 11.3 Å². The van der Waals surface area contributed by atoms with Gasteiger partial charge in [0, 0.05) is 23.3 Å². The lowest BCUT2D eigenvalue weighted by molar-refractivity contribution is 0.354. The zero-order valence-electron chi connectivity index (χ0n) is 11.5. The highest BCUT2D eigenvalue weighted by atomic mass is 32.1. The largest absolute Gasteiger partial charge is 0.493 e. The normalized spacial score (nSPS) is 10.1. The molecule has 0 atom stereocenters. The number of nitrogens with zero attached hydrogens (tertiary/aromatic N) is 1. The van der Waals surface area contributed by atoms with E-state index in [1.54, 1.807) is 25.6 Å². The maximum Gasteiger partial charge on any atom is 0.161 e. The van der Waals surface area contributed by atoms with Gasteiger partial charge < -0.3 is 14.8 Å². The van der Waals surface area contributed by atoms with E-state index in [2.05, 4.69) is 11.4 Å². The van der Waals surface area contributed by atoms with E-state index in [1.165, 1.54) is 0 Å². The van der Waals surface area contributed by atoms with Crippen molar-refractivity contribution in [1.82, 2.24) is 5.32 Å². The average Bonchev–Trinajstić information content (AvgIpc) is 2.95. The summed E-state index contributed by atoms with van der Waals surface area (Å²) in [7, 11) is 3.25. The summed E-state index contributed by atoms with van der Waals surface area (Å²) in [6.07, 6.45) is 0. The van der Waals surface area contributed by atoms with E-state index in [4.69, 9.17) is 14.7 Å². The van der Waals surface area contributed by atoms with Crippen molar-refractivity contribution >= 4 is 11.3 Å². The minimum absolute atomic E-state index is 0.720. The molecule has 0 aliphatic heterocycles. The number of ether oxygens (including phenoxy) is 2. The molecule has 0 bridgehead atoms. The van der Waals surface area contributed by atoms with Crippen LogP contribution in [0.25, 0.3) is 0 Å². The Morgan fingerprint density at radius 1 is 1.15 bits per heavy atom. The average molecular weight is 288 g/mol. The summed E-state index contributed by atoms with van der Waals surface area (Å²) in [4.78, 5) is 1.15. The molecule has 0 aliphatic rings. The van der Waals surface area contributed by atoms with Crippen LogP contribution in [0.1, 0.15) is 16.0 Å². The highest BCUT2D eigenvalue weighted by Gasteiger charge is 2.04. The molecular formula is C15H16N2O2S. The van der Waals surface area contributed by atoms with E-state index in [1.807, 2.05) is 29.6 Å². The Kier molecular flexibility index (Phi) is 4.99. The van der Waals surface area contributed by atoms with Gasteiger partial charge in [0.05, 0.1) is 19.8 Å². The number of hydrogen-bond donors (Lipinski definition) is 1. The Labute approximate surface area is 122 Å². The molecule has 2 aromatic rings. The lowest BCUT2D eigenvalue weighted by Gasteiger charge is -2.10. The third-order valence-electron chi connectivity index (χ3n) is 2.86. The monoisotopic (exact) mass is 288 g/mol. The van der Waals surface area contributed by atoms with Crippen molar-refractivity contribution in [2.45, 2.75) is 13.1 Å². The second-order valence-electron chi connectivity index (χ2n) is 4.21. The van der Waals surface area contributed by atoms with Gasteiger partial charge in [0.2, 0.25) is 0 Å². The van der Waals surface area contributed by atoms with Crippen molar-refractivity contribution < 1.29 is 9.47 Å². The molecule has 1 aromatic heterocycles. The fourth-order valence-electron chi connectivity index (χ4n) is 1.85. The van der Waals surface area contributed by atoms with Gasteiger partial charge >= 0.3 is 0 Å². The molecule has 1 N–H and O–H groups in total. The molecule has 0 unspecified atom stereocenters. The van der Waals surface area contributed by atoms with Crippen LogP contribution in [0.5, 0.6) is 11.5 Å². The molecule has 0 amide bonds. The maximum atomic E-state index is 8.77. The molecule has 20 heavy (non-hydrogen) atoms. The van der Waals surface area contributed by atoms with Crippen LogP contribution < -0.4 is 14.8 Å². The molecule has 4 nitrogen and oxygen atoms in total. The van der Waals surface area contributed by atoms with E-state index >= 15 is 0 Å². The van der Waals surface area contributed by atoms with Crippen LogP contribution in [0.15, 0.2) is 29.6 Å². The van der Waals surface area contributed by atoms with Gasteiger partial charge in [-0.05, 0) is 23.8 Å². The van der Waals surface area contributed by atoms with E-state index in [0.717, 1.165) is 40.6 Å². The Balaban J connectivity index is 1.92. The summed E-state index contributed by atoms with van der Waals surface area (Å²) >= 11 is 1.59. The van der Waals surface area contributed by atoms with Crippen LogP contribution in [-0.2, 0) is 13.1 Å². The third-order valence-corrected chi connectivity index (χ3v) is 3.80. The fraction of sp³-hybridized carbons (Fsp3) is 0.267. The molecule has 0 saturated carbocycles. The van der Waals surface area contributed by atoms with Crippen molar-refractivity contribution in [1.29, 1.82) is 5.26 Å². The summed E-state index contributed by atoms with van der Waals surface area (Å²) in [6, 6.07) is 9.90. The number of nitriles is 1. The predicted octanol–water partition coefficient (Wildman–Crippen LogP) is 2.93. The van der Waals surface area contributed by atoms with Crippen LogP contribution in [0, 0.1) is 11.3 Å². The third kappa shape index (κ3) is 3.50. The Morgan fingerprint density at radius 2 is 1.95 bits per heavy atom. The van der Waals surface area contributed by atoms with E-state index in [0.29, 0.717) is 0 Å². The lowest BCUT2D eigenvalue weighted by atomic mass is 10.2. The Hall–Kier alpha value is -2.03. The number of rotatable bonds is 6. The molecule has 104 valence electrons. The molecule has 0 saturated heterocycles. The first-order valence-corrected chi connectivity index (χ1v) is 7.04. The Morgan fingerprint density at radius 3 is 2.60 bits per heavy atom. The zero-order chi connectivity index (χ0) is 14.4. The molecule has 0 aliphatic carbocycles. The van der Waals surface area contributed by atoms with Crippen molar-refractivity contribution in [3.05, 3.63) is 45.6 Å². The molecule has 1 aromatic carbocycles. The fourth-order valence-corrected chi connectivity index (χ4v) is 2.63. The highest BCUT2D eigenvalue weighted by molar-refractivity contribution is 7.10. The van der Waals surface area contributed by atoms with Gasteiger partial charge in [-0.2, -0.15) is 5.26 Å². The number of methoxy groups -OCH3 is 2. The number of thiophene rings is 1. The topological polar surface area (TPSA) is 54.3 Å². The lowest BCUT2D eigenvalue weighted by Crippen LogP contribution is -2.11. The second-order valence-corrected chi connectivity index (χ2v) is 5.20. The minimum Gasteiger partial charge on any atom is -0.493 e. The van der Waals surface area contributed by atoms with Gasteiger partial charge in [0.1, 0.15) is 6.07 Å². The van der Waals surface area contributed by atoms with E-state index < -0.39 is 0 Å². The van der Waals surface area contributed by atoms with Gasteiger partial charge in [0.25, 0.3) is 0 Å². The summed E-state index contributed by atoms with van der Waals surface area (Å²) in [6.45, 7) is 1.49. The van der Waals surface area contributed by atoms with Crippen LogP contribution in [0.2, 0.25) is 0 Å². The maximum absolute atomic E-state index is 8.77. The van der Waals surface area contributed by atoms with Crippen molar-refractivity contribution in [2.24, 2.45) is 0 Å². The zero-order valence-corrected chi connectivity index (χ0v) is 12.3. The van der Waals surface area contributed by atoms with Gasteiger partial charge in [-0.1, -0.05) is 6.07 Å². The van der Waals surface area contributed by atoms with Crippen LogP contribution in [0.4, 0.5) is 0 Å².